The summed E-state index contributed by atoms with van der Waals surface area (Å²) in [7, 11) is 1.49. The lowest BCUT2D eigenvalue weighted by Gasteiger charge is -2.25. The van der Waals surface area contributed by atoms with E-state index in [0.717, 1.165) is 0 Å². The Morgan fingerprint density at radius 3 is 2.32 bits per heavy atom. The highest BCUT2D eigenvalue weighted by atomic mass is 19.1. The van der Waals surface area contributed by atoms with E-state index >= 15 is 0 Å². The predicted molar refractivity (Wildman–Crippen MR) is 114 cm³/mol. The third-order valence-corrected chi connectivity index (χ3v) is 4.97. The van der Waals surface area contributed by atoms with Gasteiger partial charge in [-0.2, -0.15) is 0 Å². The molecule has 0 unspecified atom stereocenters. The zero-order chi connectivity index (χ0) is 22.5. The first-order valence-electron chi connectivity index (χ1n) is 10.1. The lowest BCUT2D eigenvalue weighted by atomic mass is 9.95. The summed E-state index contributed by atoms with van der Waals surface area (Å²) >= 11 is 0. The largest absolute Gasteiger partial charge is 0.507 e. The van der Waals surface area contributed by atoms with Crippen LogP contribution in [0, 0.1) is 11.7 Å². The molecule has 0 radical (unpaired) electrons. The third-order valence-electron chi connectivity index (χ3n) is 4.97. The second-order valence-electron chi connectivity index (χ2n) is 7.77. The Morgan fingerprint density at radius 2 is 1.74 bits per heavy atom. The molecule has 1 atom stereocenters. The van der Waals surface area contributed by atoms with Gasteiger partial charge < -0.3 is 19.5 Å². The van der Waals surface area contributed by atoms with Gasteiger partial charge in [-0.25, -0.2) is 4.39 Å². The van der Waals surface area contributed by atoms with Crippen molar-refractivity contribution < 1.29 is 28.6 Å². The van der Waals surface area contributed by atoms with Crippen molar-refractivity contribution in [2.45, 2.75) is 19.9 Å². The van der Waals surface area contributed by atoms with Gasteiger partial charge in [-0.05, 0) is 47.9 Å². The molecule has 1 fully saturated rings. The highest BCUT2D eigenvalue weighted by Gasteiger charge is 2.45. The number of aliphatic hydroxyl groups is 1. The second kappa shape index (κ2) is 9.75. The van der Waals surface area contributed by atoms with Gasteiger partial charge in [0, 0.05) is 19.2 Å². The lowest BCUT2D eigenvalue weighted by Crippen LogP contribution is -2.32. The Kier molecular flexibility index (Phi) is 7.07. The maximum Gasteiger partial charge on any atom is 0.295 e. The number of carbonyl (C=O) groups excluding carboxylic acids is 2. The van der Waals surface area contributed by atoms with E-state index in [1.165, 1.54) is 36.3 Å². The first kappa shape index (κ1) is 22.5. The molecular weight excluding hydrogens is 401 g/mol. The number of aliphatic hydroxyl groups excluding tert-OH is 1. The number of halogens is 1. The van der Waals surface area contributed by atoms with Crippen LogP contribution in [0.5, 0.6) is 5.75 Å². The Bertz CT molecular complexity index is 966. The molecule has 3 rings (SSSR count). The van der Waals surface area contributed by atoms with Gasteiger partial charge in [0.2, 0.25) is 0 Å². The van der Waals surface area contributed by atoms with Gasteiger partial charge in [0.25, 0.3) is 11.7 Å². The van der Waals surface area contributed by atoms with E-state index < -0.39 is 23.5 Å². The quantitative estimate of drug-likeness (QED) is 0.393. The summed E-state index contributed by atoms with van der Waals surface area (Å²) in [5.74, 6) is -1.24. The van der Waals surface area contributed by atoms with Crippen LogP contribution in [-0.4, -0.2) is 48.6 Å². The molecule has 164 valence electrons. The van der Waals surface area contributed by atoms with Crippen molar-refractivity contribution in [1.29, 1.82) is 0 Å². The molecule has 1 aliphatic heterocycles. The number of likely N-dealkylation sites (tertiary alicyclic amines) is 1. The average molecular weight is 427 g/mol. The van der Waals surface area contributed by atoms with Crippen molar-refractivity contribution in [3.05, 3.63) is 71.0 Å². The average Bonchev–Trinajstić information content (AvgIpc) is 3.01. The van der Waals surface area contributed by atoms with E-state index in [-0.39, 0.29) is 24.5 Å². The van der Waals surface area contributed by atoms with Gasteiger partial charge in [-0.15, -0.1) is 0 Å². The molecule has 0 spiro atoms. The molecule has 2 aromatic rings. The van der Waals surface area contributed by atoms with Crippen molar-refractivity contribution in [2.24, 2.45) is 5.92 Å². The minimum absolute atomic E-state index is 0.0384. The monoisotopic (exact) mass is 427 g/mol. The van der Waals surface area contributed by atoms with E-state index in [2.05, 4.69) is 0 Å². The summed E-state index contributed by atoms with van der Waals surface area (Å²) in [6, 6.07) is 11.3. The van der Waals surface area contributed by atoms with Gasteiger partial charge in [-0.1, -0.05) is 26.0 Å². The van der Waals surface area contributed by atoms with Crippen molar-refractivity contribution in [3.63, 3.8) is 0 Å². The number of ketones is 1. The first-order valence-corrected chi connectivity index (χ1v) is 10.1. The third kappa shape index (κ3) is 4.94. The van der Waals surface area contributed by atoms with Crippen molar-refractivity contribution in [2.75, 3.05) is 26.9 Å². The maximum absolute atomic E-state index is 13.5. The molecule has 1 heterocycles. The van der Waals surface area contributed by atoms with E-state index in [1.807, 2.05) is 13.8 Å². The molecule has 0 aromatic heterocycles. The molecule has 2 aromatic carbocycles. The minimum atomic E-state index is -0.840. The summed E-state index contributed by atoms with van der Waals surface area (Å²) in [6.07, 6.45) is 0. The van der Waals surface area contributed by atoms with E-state index in [0.29, 0.717) is 29.4 Å². The number of methoxy groups -OCH3 is 1. The van der Waals surface area contributed by atoms with Crippen LogP contribution in [-0.2, 0) is 14.3 Å². The van der Waals surface area contributed by atoms with Crippen molar-refractivity contribution >= 4 is 17.4 Å². The molecule has 31 heavy (non-hydrogen) atoms. The van der Waals surface area contributed by atoms with Crippen LogP contribution < -0.4 is 4.74 Å². The van der Waals surface area contributed by atoms with Crippen LogP contribution in [0.25, 0.3) is 5.76 Å². The topological polar surface area (TPSA) is 76.1 Å². The SMILES string of the molecule is COCCN1C(=O)C(=O)C(=C(O)c2ccc(OCC(C)C)cc2)[C@H]1c1ccc(F)cc1. The van der Waals surface area contributed by atoms with Gasteiger partial charge in [0.1, 0.15) is 17.3 Å². The molecule has 0 aliphatic carbocycles. The summed E-state index contributed by atoms with van der Waals surface area (Å²) in [5.41, 5.74) is 0.868. The standard InChI is InChI=1S/C24H26FNO5/c1-15(2)14-31-19-10-6-17(7-11-19)22(27)20-21(16-4-8-18(25)9-5-16)26(12-13-30-3)24(29)23(20)28/h4-11,15,21,27H,12-14H2,1-3H3/t21-/m1/s1. The normalized spacial score (nSPS) is 18.1. The zero-order valence-electron chi connectivity index (χ0n) is 17.8. The fourth-order valence-corrected chi connectivity index (χ4v) is 3.42. The Morgan fingerprint density at radius 1 is 1.10 bits per heavy atom. The molecule has 7 heteroatoms. The van der Waals surface area contributed by atoms with Crippen LogP contribution >= 0.6 is 0 Å². The van der Waals surface area contributed by atoms with E-state index in [4.69, 9.17) is 9.47 Å². The second-order valence-corrected chi connectivity index (χ2v) is 7.77. The number of hydrogen-bond donors (Lipinski definition) is 1. The zero-order valence-corrected chi connectivity index (χ0v) is 17.8. The Hall–Kier alpha value is -3.19. The van der Waals surface area contributed by atoms with Crippen LogP contribution in [0.2, 0.25) is 0 Å². The number of rotatable bonds is 8. The number of Topliss-reactive ketones (excluding diaryl/α,β-unsaturated/α-hetero) is 1. The first-order chi connectivity index (χ1) is 14.8. The van der Waals surface area contributed by atoms with E-state index in [9.17, 15) is 19.1 Å². The summed E-state index contributed by atoms with van der Waals surface area (Å²) < 4.78 is 24.2. The van der Waals surface area contributed by atoms with Gasteiger partial charge in [-0.3, -0.25) is 9.59 Å². The molecule has 1 N–H and O–H groups in total. The van der Waals surface area contributed by atoms with Crippen LogP contribution in [0.15, 0.2) is 54.1 Å². The summed E-state index contributed by atoms with van der Waals surface area (Å²) in [4.78, 5) is 26.9. The maximum atomic E-state index is 13.5. The number of nitrogens with zero attached hydrogens (tertiary/aromatic N) is 1. The van der Waals surface area contributed by atoms with Crippen molar-refractivity contribution in [3.8, 4) is 5.75 Å². The van der Waals surface area contributed by atoms with Crippen LogP contribution in [0.3, 0.4) is 0 Å². The lowest BCUT2D eigenvalue weighted by molar-refractivity contribution is -0.140. The van der Waals surface area contributed by atoms with Gasteiger partial charge in [0.05, 0.1) is 24.8 Å². The smallest absolute Gasteiger partial charge is 0.295 e. The molecule has 0 saturated carbocycles. The molecule has 0 bridgehead atoms. The summed E-state index contributed by atoms with van der Waals surface area (Å²) in [5, 5.41) is 11.0. The predicted octanol–water partition coefficient (Wildman–Crippen LogP) is 3.93. The van der Waals surface area contributed by atoms with E-state index in [1.54, 1.807) is 24.3 Å². The highest BCUT2D eigenvalue weighted by molar-refractivity contribution is 6.46. The fourth-order valence-electron chi connectivity index (χ4n) is 3.42. The molecule has 1 aliphatic rings. The van der Waals surface area contributed by atoms with Crippen LogP contribution in [0.1, 0.15) is 31.0 Å². The number of amides is 1. The molecule has 1 saturated heterocycles. The number of ether oxygens (including phenoxy) is 2. The van der Waals surface area contributed by atoms with Gasteiger partial charge in [0.15, 0.2) is 0 Å². The minimum Gasteiger partial charge on any atom is -0.507 e. The molecular formula is C24H26FNO5. The van der Waals surface area contributed by atoms with Gasteiger partial charge >= 0.3 is 0 Å². The number of benzene rings is 2. The van der Waals surface area contributed by atoms with Crippen LogP contribution in [0.4, 0.5) is 4.39 Å². The molecule has 6 nitrogen and oxygen atoms in total. The number of hydrogen-bond acceptors (Lipinski definition) is 5. The fraction of sp³-hybridized carbons (Fsp3) is 0.333. The Labute approximate surface area is 180 Å². The summed E-state index contributed by atoms with van der Waals surface area (Å²) in [6.45, 7) is 5.01. The Balaban J connectivity index is 2.02. The number of carbonyl (C=O) groups is 2. The van der Waals surface area contributed by atoms with Crippen molar-refractivity contribution in [1.82, 2.24) is 4.90 Å². The highest BCUT2D eigenvalue weighted by Crippen LogP contribution is 2.39. The molecule has 1 amide bonds.